The lowest BCUT2D eigenvalue weighted by molar-refractivity contribution is -0.119. The Balaban J connectivity index is 1.42. The number of nitrogens with two attached hydrogens (primary N) is 1. The van der Waals surface area contributed by atoms with Crippen molar-refractivity contribution in [1.29, 1.82) is 0 Å². The van der Waals surface area contributed by atoms with Crippen molar-refractivity contribution >= 4 is 27.1 Å². The Morgan fingerprint density at radius 1 is 1.16 bits per heavy atom. The van der Waals surface area contributed by atoms with Crippen LogP contribution >= 0.6 is 15.4 Å². The highest BCUT2D eigenvalue weighted by molar-refractivity contribution is 7.54. The van der Waals surface area contributed by atoms with Gasteiger partial charge in [0.25, 0.3) is 0 Å². The Kier molecular flexibility index (Phi) is 11.1. The van der Waals surface area contributed by atoms with Crippen LogP contribution in [0, 0.1) is 11.8 Å². The van der Waals surface area contributed by atoms with E-state index in [9.17, 15) is 43.6 Å². The number of carbonyl (C=O) groups excluding carboxylic acids is 1. The number of phosphoric ester groups is 1. The summed E-state index contributed by atoms with van der Waals surface area (Å²) in [5.41, 5.74) is 5.43. The number of aliphatic hydroxyl groups is 2. The van der Waals surface area contributed by atoms with Crippen LogP contribution < -0.4 is 16.7 Å². The van der Waals surface area contributed by atoms with E-state index in [4.69, 9.17) is 24.3 Å². The summed E-state index contributed by atoms with van der Waals surface area (Å²) in [5.74, 6) is -3.84. The molecule has 4 rings (SSSR count). The molecule has 2 heterocycles. The van der Waals surface area contributed by atoms with Gasteiger partial charge in [0.05, 0.1) is 19.3 Å². The zero-order valence-electron chi connectivity index (χ0n) is 23.6. The zero-order chi connectivity index (χ0) is 32.2. The van der Waals surface area contributed by atoms with Gasteiger partial charge in [0.2, 0.25) is 5.91 Å². The van der Waals surface area contributed by atoms with Gasteiger partial charge < -0.3 is 45.4 Å². The number of ether oxygens (including phenoxy) is 2. The number of hydrogen-bond donors (Lipinski definition) is 7. The lowest BCUT2D eigenvalue weighted by atomic mass is 10.0. The van der Waals surface area contributed by atoms with Crippen molar-refractivity contribution in [3.05, 3.63) is 58.6 Å². The molecule has 0 radical (unpaired) electrons. The van der Waals surface area contributed by atoms with Crippen LogP contribution in [-0.2, 0) is 39.1 Å². The Morgan fingerprint density at radius 2 is 1.86 bits per heavy atom. The number of phosphoric acid groups is 1. The molecule has 0 spiro atoms. The highest BCUT2D eigenvalue weighted by Gasteiger charge is 2.50. The van der Waals surface area contributed by atoms with E-state index in [0.29, 0.717) is 0 Å². The summed E-state index contributed by atoms with van der Waals surface area (Å²) in [7, 11) is -10.4. The molecule has 2 aliphatic rings. The van der Waals surface area contributed by atoms with Gasteiger partial charge in [-0.05, 0) is 24.5 Å². The Bertz CT molecular complexity index is 1440. The number of nitrogen functional groups attached to an aromatic ring is 1. The molecule has 1 amide bonds. The van der Waals surface area contributed by atoms with Crippen molar-refractivity contribution in [2.45, 2.75) is 62.9 Å². The third kappa shape index (κ3) is 8.80. The normalized spacial score (nSPS) is 29.3. The fourth-order valence-electron chi connectivity index (χ4n) is 5.30. The van der Waals surface area contributed by atoms with Crippen molar-refractivity contribution in [3.8, 4) is 0 Å². The summed E-state index contributed by atoms with van der Waals surface area (Å²) in [6.45, 7) is 0.795. The van der Waals surface area contributed by atoms with E-state index in [1.807, 2.05) is 30.3 Å². The molecule has 44 heavy (non-hydrogen) atoms. The molecular weight excluding hydrogens is 626 g/mol. The molecule has 2 unspecified atom stereocenters. The first-order valence-corrected chi connectivity index (χ1v) is 16.8. The second kappa shape index (κ2) is 14.3. The second-order valence-corrected chi connectivity index (χ2v) is 13.8. The third-order valence-corrected chi connectivity index (χ3v) is 9.75. The first kappa shape index (κ1) is 34.3. The summed E-state index contributed by atoms with van der Waals surface area (Å²) in [6, 6.07) is 10.4. The number of amides is 1. The van der Waals surface area contributed by atoms with Gasteiger partial charge in [-0.3, -0.25) is 23.0 Å². The molecule has 244 valence electrons. The molecule has 1 aliphatic heterocycles. The molecule has 9 atom stereocenters. The van der Waals surface area contributed by atoms with Crippen molar-refractivity contribution in [3.63, 3.8) is 0 Å². The SMILES string of the molecule is CC(=O)NC[C@@H]1C[C@@H](C(OP(=O)(O)OC[C@H]2O[C@@H](n3ccc(N)nc3=O)[C@H](O)[C@@H]2O)P(=O)(O)O)C[C@H]1OCc1ccccc1. The van der Waals surface area contributed by atoms with Crippen molar-refractivity contribution < 1.29 is 57.3 Å². The van der Waals surface area contributed by atoms with E-state index < -0.39 is 76.0 Å². The average molecular weight is 663 g/mol. The van der Waals surface area contributed by atoms with Crippen LogP contribution in [0.25, 0.3) is 0 Å². The maximum Gasteiger partial charge on any atom is 0.473 e. The molecule has 17 nitrogen and oxygen atoms in total. The van der Waals surface area contributed by atoms with E-state index >= 15 is 0 Å². The molecule has 0 bridgehead atoms. The van der Waals surface area contributed by atoms with Gasteiger partial charge in [-0.15, -0.1) is 0 Å². The monoisotopic (exact) mass is 662 g/mol. The van der Waals surface area contributed by atoms with E-state index in [0.717, 1.165) is 10.1 Å². The summed E-state index contributed by atoms with van der Waals surface area (Å²) in [4.78, 5) is 57.8. The molecule has 1 saturated heterocycles. The molecule has 2 fully saturated rings. The predicted octanol–water partition coefficient (Wildman–Crippen LogP) is -0.170. The fourth-order valence-corrected chi connectivity index (χ4v) is 7.79. The Morgan fingerprint density at radius 3 is 2.50 bits per heavy atom. The molecule has 1 saturated carbocycles. The van der Waals surface area contributed by atoms with Gasteiger partial charge in [-0.2, -0.15) is 4.98 Å². The van der Waals surface area contributed by atoms with E-state index in [1.165, 1.54) is 19.2 Å². The molecule has 2 aromatic rings. The Hall–Kier alpha value is -2.53. The number of nitrogens with one attached hydrogen (secondary N) is 1. The van der Waals surface area contributed by atoms with Crippen LogP contribution in [0.1, 0.15) is 31.6 Å². The first-order chi connectivity index (χ1) is 20.6. The van der Waals surface area contributed by atoms with Crippen LogP contribution in [0.5, 0.6) is 0 Å². The van der Waals surface area contributed by atoms with E-state index in [1.54, 1.807) is 0 Å². The van der Waals surface area contributed by atoms with E-state index in [2.05, 4.69) is 10.3 Å². The van der Waals surface area contributed by atoms with Crippen molar-refractivity contribution in [2.75, 3.05) is 18.9 Å². The highest BCUT2D eigenvalue weighted by Crippen LogP contribution is 2.58. The van der Waals surface area contributed by atoms with Gasteiger partial charge in [-0.25, -0.2) is 9.36 Å². The smallest absolute Gasteiger partial charge is 0.387 e. The molecule has 8 N–H and O–H groups in total. The molecule has 19 heteroatoms. The molecule has 1 aliphatic carbocycles. The lowest BCUT2D eigenvalue weighted by Crippen LogP contribution is -2.36. The van der Waals surface area contributed by atoms with Crippen molar-refractivity contribution in [1.82, 2.24) is 14.9 Å². The number of rotatable bonds is 13. The van der Waals surface area contributed by atoms with Crippen LogP contribution in [0.4, 0.5) is 5.82 Å². The average Bonchev–Trinajstić information content (AvgIpc) is 3.48. The van der Waals surface area contributed by atoms with Gasteiger partial charge in [-0.1, -0.05) is 30.3 Å². The number of aliphatic hydroxyl groups excluding tert-OH is 2. The van der Waals surface area contributed by atoms with Crippen molar-refractivity contribution in [2.24, 2.45) is 11.8 Å². The van der Waals surface area contributed by atoms with Crippen LogP contribution in [0.2, 0.25) is 0 Å². The first-order valence-electron chi connectivity index (χ1n) is 13.6. The highest BCUT2D eigenvalue weighted by atomic mass is 31.2. The topological polar surface area (TPSA) is 262 Å². The van der Waals surface area contributed by atoms with Crippen LogP contribution in [-0.4, -0.2) is 83.8 Å². The largest absolute Gasteiger partial charge is 0.473 e. The number of carbonyl (C=O) groups is 1. The maximum atomic E-state index is 12.9. The maximum absolute atomic E-state index is 12.9. The van der Waals surface area contributed by atoms with Crippen LogP contribution in [0.3, 0.4) is 0 Å². The summed E-state index contributed by atoms with van der Waals surface area (Å²) in [5, 5.41) is 23.5. The molecule has 1 aromatic heterocycles. The van der Waals surface area contributed by atoms with Gasteiger partial charge in [0.15, 0.2) is 12.1 Å². The molecular formula is C25H36N4O13P2. The predicted molar refractivity (Wildman–Crippen MR) is 151 cm³/mol. The number of hydrogen-bond acceptors (Lipinski definition) is 12. The summed E-state index contributed by atoms with van der Waals surface area (Å²) < 4.78 is 47.7. The van der Waals surface area contributed by atoms with Gasteiger partial charge in [0, 0.05) is 31.5 Å². The standard InChI is InChI=1S/C25H36N4O13P2/c1-14(30)27-11-17-9-16(10-18(17)39-12-15-5-3-2-4-6-15)24(43(34,35)36)42-44(37,38)40-13-19-21(31)22(32)23(41-19)29-8-7-20(26)28-25(29)33/h2-8,16-19,21-24,31-32H,9-13H2,1H3,(H,27,30)(H,37,38)(H2,26,28,33)(H2,34,35,36)/t16-,17+,18-,19-,21-,22-,23-,24?/m1/s1. The number of benzene rings is 1. The number of nitrogens with zero attached hydrogens (tertiary/aromatic N) is 2. The fraction of sp³-hybridized carbons (Fsp3) is 0.560. The quantitative estimate of drug-likeness (QED) is 0.137. The summed E-state index contributed by atoms with van der Waals surface area (Å²) >= 11 is 0. The Labute approximate surface area is 251 Å². The third-order valence-electron chi connectivity index (χ3n) is 7.43. The summed E-state index contributed by atoms with van der Waals surface area (Å²) in [6.07, 6.45) is -5.51. The number of anilines is 1. The van der Waals surface area contributed by atoms with Crippen LogP contribution in [0.15, 0.2) is 47.4 Å². The number of aromatic nitrogens is 2. The second-order valence-electron chi connectivity index (χ2n) is 10.7. The lowest BCUT2D eigenvalue weighted by Gasteiger charge is -2.27. The zero-order valence-corrected chi connectivity index (χ0v) is 25.4. The minimum atomic E-state index is -5.21. The van der Waals surface area contributed by atoms with Gasteiger partial charge >= 0.3 is 21.1 Å². The molecule has 1 aromatic carbocycles. The minimum Gasteiger partial charge on any atom is -0.387 e. The minimum absolute atomic E-state index is 0.0373. The van der Waals surface area contributed by atoms with E-state index in [-0.39, 0.29) is 37.7 Å². The van der Waals surface area contributed by atoms with Gasteiger partial charge in [0.1, 0.15) is 24.1 Å².